The fourth-order valence-corrected chi connectivity index (χ4v) is 1.39. The largest absolute Gasteiger partial charge is 0.259 e. The number of thiocarbonyl (C=S) groups is 1. The van der Waals surface area contributed by atoms with E-state index in [0.29, 0.717) is 16.4 Å². The minimum Gasteiger partial charge on any atom is -0.259 e. The molecule has 1 aliphatic heterocycles. The summed E-state index contributed by atoms with van der Waals surface area (Å²) in [5.41, 5.74) is 0.516. The lowest BCUT2D eigenvalue weighted by atomic mass is 10.2. The van der Waals surface area contributed by atoms with Crippen molar-refractivity contribution in [3.63, 3.8) is 0 Å². The summed E-state index contributed by atoms with van der Waals surface area (Å²) in [4.78, 5) is 12.3. The molecular weight excluding hydrogens is 225 g/mol. The van der Waals surface area contributed by atoms with Crippen molar-refractivity contribution in [2.45, 2.75) is 6.54 Å². The van der Waals surface area contributed by atoms with E-state index >= 15 is 0 Å². The number of rotatable bonds is 2. The van der Waals surface area contributed by atoms with Gasteiger partial charge in [-0.1, -0.05) is 30.4 Å². The molecule has 0 atom stereocenters. The zero-order valence-corrected chi connectivity index (χ0v) is 9.12. The molecule has 0 saturated carbocycles. The van der Waals surface area contributed by atoms with Crippen molar-refractivity contribution in [1.29, 1.82) is 0 Å². The third-order valence-electron chi connectivity index (χ3n) is 2.00. The van der Waals surface area contributed by atoms with E-state index in [1.807, 2.05) is 0 Å². The van der Waals surface area contributed by atoms with Crippen LogP contribution >= 0.6 is 12.2 Å². The van der Waals surface area contributed by atoms with Gasteiger partial charge >= 0.3 is 0 Å². The van der Waals surface area contributed by atoms with E-state index in [2.05, 4.69) is 15.0 Å². The van der Waals surface area contributed by atoms with Crippen LogP contribution in [0.15, 0.2) is 39.2 Å². The quantitative estimate of drug-likeness (QED) is 0.721. The number of benzene rings is 1. The Balaban J connectivity index is 2.15. The Hall–Kier alpha value is -1.75. The van der Waals surface area contributed by atoms with E-state index in [4.69, 9.17) is 12.2 Å². The van der Waals surface area contributed by atoms with Crippen molar-refractivity contribution in [2.75, 3.05) is 0 Å². The number of nitrogens with zero attached hydrogens (tertiary/aromatic N) is 3. The Bertz CT molecular complexity index is 506. The predicted octanol–water partition coefficient (Wildman–Crippen LogP) is 2.21. The molecule has 1 aromatic carbocycles. The van der Waals surface area contributed by atoms with E-state index in [1.165, 1.54) is 18.5 Å². The second kappa shape index (κ2) is 4.85. The molecule has 16 heavy (non-hydrogen) atoms. The molecule has 0 unspecified atom stereocenters. The minimum absolute atomic E-state index is 0.217. The first-order valence-electron chi connectivity index (χ1n) is 4.66. The van der Waals surface area contributed by atoms with Crippen molar-refractivity contribution in [3.05, 3.63) is 35.6 Å². The van der Waals surface area contributed by atoms with Gasteiger partial charge in [0.25, 0.3) is 0 Å². The maximum Gasteiger partial charge on any atom is 0.185 e. The highest BCUT2D eigenvalue weighted by Gasteiger charge is 2.06. The van der Waals surface area contributed by atoms with Crippen LogP contribution in [-0.2, 0) is 6.54 Å². The molecule has 0 fully saturated rings. The highest BCUT2D eigenvalue weighted by Crippen LogP contribution is 2.08. The van der Waals surface area contributed by atoms with E-state index in [0.717, 1.165) is 0 Å². The van der Waals surface area contributed by atoms with Crippen molar-refractivity contribution in [1.82, 2.24) is 0 Å². The van der Waals surface area contributed by atoms with Gasteiger partial charge in [0.05, 0.1) is 6.54 Å². The Morgan fingerprint density at radius 1 is 1.19 bits per heavy atom. The van der Waals surface area contributed by atoms with Crippen LogP contribution in [0.25, 0.3) is 0 Å². The second-order valence-electron chi connectivity index (χ2n) is 3.09. The molecule has 5 heteroatoms. The van der Waals surface area contributed by atoms with Crippen LogP contribution in [0.3, 0.4) is 0 Å². The monoisotopic (exact) mass is 233 g/mol. The molecule has 2 rings (SSSR count). The van der Waals surface area contributed by atoms with Gasteiger partial charge in [-0.15, -0.1) is 0 Å². The van der Waals surface area contributed by atoms with Gasteiger partial charge in [0, 0.05) is 18.0 Å². The molecular formula is C11H8FN3S. The molecule has 1 aromatic rings. The van der Waals surface area contributed by atoms with Crippen molar-refractivity contribution < 1.29 is 4.39 Å². The Kier molecular flexibility index (Phi) is 3.26. The van der Waals surface area contributed by atoms with Gasteiger partial charge in [-0.3, -0.25) is 4.99 Å². The Labute approximate surface area is 97.5 Å². The van der Waals surface area contributed by atoms with E-state index < -0.39 is 0 Å². The molecule has 3 nitrogen and oxygen atoms in total. The van der Waals surface area contributed by atoms with Crippen LogP contribution < -0.4 is 0 Å². The normalized spacial score (nSPS) is 17.1. The van der Waals surface area contributed by atoms with Crippen LogP contribution in [-0.4, -0.2) is 23.3 Å². The predicted molar refractivity (Wildman–Crippen MR) is 67.1 cm³/mol. The van der Waals surface area contributed by atoms with Gasteiger partial charge in [-0.25, -0.2) is 14.4 Å². The fourth-order valence-electron chi connectivity index (χ4n) is 1.21. The first-order valence-corrected chi connectivity index (χ1v) is 5.07. The molecule has 0 radical (unpaired) electrons. The summed E-state index contributed by atoms with van der Waals surface area (Å²) in [5, 5.41) is 0. The number of hydrogen-bond donors (Lipinski definition) is 0. The molecule has 0 saturated heterocycles. The standard InChI is InChI=1S/C11H8FN3S/c12-9-4-2-1-3-8(9)7-15-10-11(16)14-6-5-13-10/h1-6H,7H2. The highest BCUT2D eigenvalue weighted by atomic mass is 32.1. The maximum atomic E-state index is 13.3. The van der Waals surface area contributed by atoms with Crippen molar-refractivity contribution >= 4 is 35.5 Å². The molecule has 0 amide bonds. The lowest BCUT2D eigenvalue weighted by molar-refractivity contribution is 0.611. The highest BCUT2D eigenvalue weighted by molar-refractivity contribution is 7.82. The molecule has 0 spiro atoms. The topological polar surface area (TPSA) is 37.1 Å². The van der Waals surface area contributed by atoms with E-state index in [-0.39, 0.29) is 12.4 Å². The van der Waals surface area contributed by atoms with E-state index in [1.54, 1.807) is 18.2 Å². The van der Waals surface area contributed by atoms with Gasteiger partial charge in [0.15, 0.2) is 10.8 Å². The average Bonchev–Trinajstić information content (AvgIpc) is 2.30. The summed E-state index contributed by atoms with van der Waals surface area (Å²) in [6.07, 6.45) is 3.01. The zero-order valence-electron chi connectivity index (χ0n) is 8.30. The summed E-state index contributed by atoms with van der Waals surface area (Å²) >= 11 is 4.94. The molecule has 80 valence electrons. The smallest absolute Gasteiger partial charge is 0.185 e. The fraction of sp³-hybridized carbons (Fsp3) is 0.0909. The Morgan fingerprint density at radius 3 is 2.69 bits per heavy atom. The molecule has 0 bridgehead atoms. The summed E-state index contributed by atoms with van der Waals surface area (Å²) < 4.78 is 13.3. The molecule has 0 aliphatic carbocycles. The van der Waals surface area contributed by atoms with Gasteiger partial charge < -0.3 is 0 Å². The van der Waals surface area contributed by atoms with Gasteiger partial charge in [0.2, 0.25) is 0 Å². The number of hydrogen-bond acceptors (Lipinski definition) is 2. The first kappa shape index (κ1) is 10.8. The summed E-state index contributed by atoms with van der Waals surface area (Å²) in [7, 11) is 0. The molecule has 0 N–H and O–H groups in total. The lowest BCUT2D eigenvalue weighted by Crippen LogP contribution is -2.12. The first-order chi connectivity index (χ1) is 7.77. The number of halogens is 1. The summed E-state index contributed by atoms with van der Waals surface area (Å²) in [6, 6.07) is 6.48. The third-order valence-corrected chi connectivity index (χ3v) is 2.29. The van der Waals surface area contributed by atoms with Gasteiger partial charge in [0.1, 0.15) is 5.82 Å². The third kappa shape index (κ3) is 2.43. The van der Waals surface area contributed by atoms with Crippen LogP contribution in [0.5, 0.6) is 0 Å². The van der Waals surface area contributed by atoms with Crippen LogP contribution in [0, 0.1) is 5.82 Å². The summed E-state index contributed by atoms with van der Waals surface area (Å²) in [6.45, 7) is 0.217. The average molecular weight is 233 g/mol. The zero-order chi connectivity index (χ0) is 11.4. The lowest BCUT2D eigenvalue weighted by Gasteiger charge is -2.02. The molecule has 1 heterocycles. The second-order valence-corrected chi connectivity index (χ2v) is 3.48. The minimum atomic E-state index is -0.277. The number of aliphatic imine (C=N–C) groups is 3. The molecule has 0 aromatic heterocycles. The SMILES string of the molecule is Fc1ccccc1CN=C1N=CC=NC1=S. The summed E-state index contributed by atoms with van der Waals surface area (Å²) in [5.74, 6) is 0.0989. The van der Waals surface area contributed by atoms with Gasteiger partial charge in [-0.2, -0.15) is 0 Å². The Morgan fingerprint density at radius 2 is 1.94 bits per heavy atom. The van der Waals surface area contributed by atoms with Gasteiger partial charge in [-0.05, 0) is 6.07 Å². The van der Waals surface area contributed by atoms with Crippen molar-refractivity contribution in [3.8, 4) is 0 Å². The van der Waals surface area contributed by atoms with E-state index in [9.17, 15) is 4.39 Å². The molecule has 1 aliphatic rings. The van der Waals surface area contributed by atoms with Crippen LogP contribution in [0.2, 0.25) is 0 Å². The number of amidine groups is 1. The van der Waals surface area contributed by atoms with Crippen LogP contribution in [0.1, 0.15) is 5.56 Å². The van der Waals surface area contributed by atoms with Crippen molar-refractivity contribution in [2.24, 2.45) is 15.0 Å². The van der Waals surface area contributed by atoms with Crippen LogP contribution in [0.4, 0.5) is 4.39 Å². The maximum absolute atomic E-state index is 13.3.